The van der Waals surface area contributed by atoms with Gasteiger partial charge in [0.25, 0.3) is 0 Å². The van der Waals surface area contributed by atoms with E-state index in [-0.39, 0.29) is 12.5 Å². The van der Waals surface area contributed by atoms with Crippen LogP contribution in [-0.2, 0) is 11.3 Å². The molecule has 0 atom stereocenters. The third-order valence-electron chi connectivity index (χ3n) is 2.73. The van der Waals surface area contributed by atoms with Crippen LogP contribution in [0.4, 0.5) is 5.82 Å². The Balaban J connectivity index is 2.15. The van der Waals surface area contributed by atoms with E-state index in [0.717, 1.165) is 11.1 Å². The highest BCUT2D eigenvalue weighted by Gasteiger charge is 2.10. The molecule has 1 aromatic carbocycles. The van der Waals surface area contributed by atoms with Gasteiger partial charge in [-0.2, -0.15) is 5.10 Å². The van der Waals surface area contributed by atoms with Crippen molar-refractivity contribution in [3.05, 3.63) is 58.1 Å². The number of carbonyl (C=O) groups is 1. The molecule has 2 rings (SSSR count). The van der Waals surface area contributed by atoms with Crippen LogP contribution in [0.2, 0.25) is 0 Å². The summed E-state index contributed by atoms with van der Waals surface area (Å²) in [4.78, 5) is 14.2. The van der Waals surface area contributed by atoms with Crippen LogP contribution in [0.1, 0.15) is 11.1 Å². The SMILES string of the molecule is Cc1cnn(Cc2ccccc2)c1NC(=O)CN=[N+]=[N-]. The second kappa shape index (κ2) is 6.40. The van der Waals surface area contributed by atoms with Crippen molar-refractivity contribution < 1.29 is 4.79 Å². The van der Waals surface area contributed by atoms with Crippen molar-refractivity contribution in [3.8, 4) is 0 Å². The van der Waals surface area contributed by atoms with E-state index in [4.69, 9.17) is 5.53 Å². The second-order valence-corrected chi connectivity index (χ2v) is 4.26. The topological polar surface area (TPSA) is 95.7 Å². The largest absolute Gasteiger partial charge is 0.311 e. The van der Waals surface area contributed by atoms with Crippen LogP contribution >= 0.6 is 0 Å². The van der Waals surface area contributed by atoms with E-state index in [2.05, 4.69) is 20.4 Å². The normalized spacial score (nSPS) is 9.85. The highest BCUT2D eigenvalue weighted by atomic mass is 16.2. The maximum Gasteiger partial charge on any atom is 0.231 e. The Labute approximate surface area is 115 Å². The van der Waals surface area contributed by atoms with Crippen molar-refractivity contribution in [2.45, 2.75) is 13.5 Å². The molecule has 1 amide bonds. The number of rotatable bonds is 5. The number of nitrogens with zero attached hydrogens (tertiary/aromatic N) is 5. The van der Waals surface area contributed by atoms with Crippen LogP contribution in [0.25, 0.3) is 10.4 Å². The highest BCUT2D eigenvalue weighted by Crippen LogP contribution is 2.15. The Morgan fingerprint density at radius 3 is 2.90 bits per heavy atom. The molecular formula is C13H14N6O. The number of aromatic nitrogens is 2. The number of hydrogen-bond acceptors (Lipinski definition) is 3. The van der Waals surface area contributed by atoms with Crippen molar-refractivity contribution in [2.75, 3.05) is 11.9 Å². The summed E-state index contributed by atoms with van der Waals surface area (Å²) in [6.07, 6.45) is 1.69. The molecule has 0 aliphatic rings. The molecule has 2 aromatic rings. The fourth-order valence-corrected chi connectivity index (χ4v) is 1.79. The van der Waals surface area contributed by atoms with E-state index < -0.39 is 0 Å². The average Bonchev–Trinajstić information content (AvgIpc) is 2.79. The molecule has 102 valence electrons. The van der Waals surface area contributed by atoms with E-state index in [0.29, 0.717) is 12.4 Å². The first kappa shape index (κ1) is 13.6. The van der Waals surface area contributed by atoms with Crippen LogP contribution in [0.15, 0.2) is 41.6 Å². The van der Waals surface area contributed by atoms with Crippen LogP contribution in [0.3, 0.4) is 0 Å². The number of nitrogens with one attached hydrogen (secondary N) is 1. The number of benzene rings is 1. The number of amides is 1. The fourth-order valence-electron chi connectivity index (χ4n) is 1.79. The highest BCUT2D eigenvalue weighted by molar-refractivity contribution is 5.92. The fraction of sp³-hybridized carbons (Fsp3) is 0.231. The zero-order valence-corrected chi connectivity index (χ0v) is 11.0. The van der Waals surface area contributed by atoms with Gasteiger partial charge in [-0.05, 0) is 18.0 Å². The van der Waals surface area contributed by atoms with Crippen LogP contribution in [0.5, 0.6) is 0 Å². The Hall–Kier alpha value is -2.79. The first-order valence-corrected chi connectivity index (χ1v) is 6.07. The third kappa shape index (κ3) is 3.37. The van der Waals surface area contributed by atoms with Crippen molar-refractivity contribution >= 4 is 11.7 Å². The van der Waals surface area contributed by atoms with Crippen molar-refractivity contribution in [3.63, 3.8) is 0 Å². The lowest BCUT2D eigenvalue weighted by Crippen LogP contribution is -2.18. The minimum absolute atomic E-state index is 0.230. The zero-order valence-electron chi connectivity index (χ0n) is 11.0. The van der Waals surface area contributed by atoms with Gasteiger partial charge >= 0.3 is 0 Å². The summed E-state index contributed by atoms with van der Waals surface area (Å²) in [5.74, 6) is 0.257. The van der Waals surface area contributed by atoms with Crippen LogP contribution in [0, 0.1) is 6.92 Å². The third-order valence-corrected chi connectivity index (χ3v) is 2.73. The smallest absolute Gasteiger partial charge is 0.231 e. The predicted molar refractivity (Wildman–Crippen MR) is 75.2 cm³/mol. The lowest BCUT2D eigenvalue weighted by molar-refractivity contribution is -0.114. The predicted octanol–water partition coefficient (Wildman–Crippen LogP) is 2.49. The van der Waals surface area contributed by atoms with Gasteiger partial charge in [-0.3, -0.25) is 4.79 Å². The zero-order chi connectivity index (χ0) is 14.4. The maximum absolute atomic E-state index is 11.6. The van der Waals surface area contributed by atoms with Crippen molar-refractivity contribution in [1.29, 1.82) is 0 Å². The molecular weight excluding hydrogens is 256 g/mol. The number of anilines is 1. The van der Waals surface area contributed by atoms with Crippen molar-refractivity contribution in [2.24, 2.45) is 5.11 Å². The van der Waals surface area contributed by atoms with Gasteiger partial charge in [0.15, 0.2) is 0 Å². The van der Waals surface area contributed by atoms with Gasteiger partial charge in [0, 0.05) is 10.5 Å². The lowest BCUT2D eigenvalue weighted by atomic mass is 10.2. The standard InChI is InChI=1S/C13H14N6O/c1-10-7-16-19(9-11-5-3-2-4-6-11)13(10)17-12(20)8-15-18-14/h2-7H,8-9H2,1H3,(H,17,20). The first-order chi connectivity index (χ1) is 9.70. The molecule has 1 N–H and O–H groups in total. The summed E-state index contributed by atoms with van der Waals surface area (Å²) in [5, 5.41) is 10.2. The molecule has 0 bridgehead atoms. The molecule has 20 heavy (non-hydrogen) atoms. The Morgan fingerprint density at radius 1 is 1.45 bits per heavy atom. The molecule has 0 aliphatic carbocycles. The van der Waals surface area contributed by atoms with Crippen LogP contribution in [-0.4, -0.2) is 22.2 Å². The van der Waals surface area contributed by atoms with E-state index in [1.54, 1.807) is 10.9 Å². The number of aryl methyl sites for hydroxylation is 1. The Kier molecular flexibility index (Phi) is 4.36. The van der Waals surface area contributed by atoms with Gasteiger partial charge in [-0.1, -0.05) is 35.4 Å². The minimum Gasteiger partial charge on any atom is -0.311 e. The quantitative estimate of drug-likeness (QED) is 0.513. The van der Waals surface area contributed by atoms with E-state index in [1.165, 1.54) is 0 Å². The summed E-state index contributed by atoms with van der Waals surface area (Å²) in [6.45, 7) is 2.19. The number of carbonyl (C=O) groups excluding carboxylic acids is 1. The monoisotopic (exact) mass is 270 g/mol. The van der Waals surface area contributed by atoms with Crippen molar-refractivity contribution in [1.82, 2.24) is 9.78 Å². The minimum atomic E-state index is -0.360. The Morgan fingerprint density at radius 2 is 2.20 bits per heavy atom. The average molecular weight is 270 g/mol. The van der Waals surface area contributed by atoms with Gasteiger partial charge in [-0.15, -0.1) is 0 Å². The van der Waals surface area contributed by atoms with Gasteiger partial charge < -0.3 is 5.32 Å². The molecule has 7 nitrogen and oxygen atoms in total. The van der Waals surface area contributed by atoms with Gasteiger partial charge in [0.1, 0.15) is 12.4 Å². The molecule has 0 saturated carbocycles. The van der Waals surface area contributed by atoms with Gasteiger partial charge in [-0.25, -0.2) is 4.68 Å². The summed E-state index contributed by atoms with van der Waals surface area (Å²) in [6, 6.07) is 9.82. The van der Waals surface area contributed by atoms with E-state index in [9.17, 15) is 4.79 Å². The number of azide groups is 1. The molecule has 1 heterocycles. The molecule has 1 aromatic heterocycles. The van der Waals surface area contributed by atoms with E-state index in [1.807, 2.05) is 37.3 Å². The summed E-state index contributed by atoms with van der Waals surface area (Å²) in [7, 11) is 0. The Bertz CT molecular complexity index is 642. The summed E-state index contributed by atoms with van der Waals surface area (Å²) < 4.78 is 1.71. The molecule has 0 fully saturated rings. The molecule has 0 saturated heterocycles. The molecule has 7 heteroatoms. The lowest BCUT2D eigenvalue weighted by Gasteiger charge is -2.09. The van der Waals surface area contributed by atoms with Gasteiger partial charge in [0.2, 0.25) is 5.91 Å². The summed E-state index contributed by atoms with van der Waals surface area (Å²) in [5.41, 5.74) is 10.1. The van der Waals surface area contributed by atoms with E-state index >= 15 is 0 Å². The second-order valence-electron chi connectivity index (χ2n) is 4.26. The maximum atomic E-state index is 11.6. The van der Waals surface area contributed by atoms with Crippen LogP contribution < -0.4 is 5.32 Å². The molecule has 0 unspecified atom stereocenters. The number of hydrogen-bond donors (Lipinski definition) is 1. The molecule has 0 spiro atoms. The van der Waals surface area contributed by atoms with Gasteiger partial charge in [0.05, 0.1) is 12.7 Å². The summed E-state index contributed by atoms with van der Waals surface area (Å²) >= 11 is 0. The first-order valence-electron chi connectivity index (χ1n) is 6.07. The molecule has 0 radical (unpaired) electrons. The molecule has 0 aliphatic heterocycles.